The first kappa shape index (κ1) is 14.0. The molecule has 1 N–H and O–H groups in total. The van der Waals surface area contributed by atoms with Crippen molar-refractivity contribution in [1.29, 1.82) is 0 Å². The van der Waals surface area contributed by atoms with Crippen LogP contribution in [-0.2, 0) is 6.42 Å². The summed E-state index contributed by atoms with van der Waals surface area (Å²) in [5.74, 6) is 2.36. The van der Waals surface area contributed by atoms with Crippen molar-refractivity contribution in [2.45, 2.75) is 27.2 Å². The van der Waals surface area contributed by atoms with E-state index in [4.69, 9.17) is 4.74 Å². The molecule has 0 bridgehead atoms. The highest BCUT2D eigenvalue weighted by atomic mass is 16.5. The zero-order valence-electron chi connectivity index (χ0n) is 11.7. The van der Waals surface area contributed by atoms with Gasteiger partial charge in [0.1, 0.15) is 5.75 Å². The fourth-order valence-electron chi connectivity index (χ4n) is 2.18. The molecule has 2 heteroatoms. The highest BCUT2D eigenvalue weighted by Gasteiger charge is 2.13. The van der Waals surface area contributed by atoms with Gasteiger partial charge in [0.25, 0.3) is 0 Å². The van der Waals surface area contributed by atoms with Crippen LogP contribution >= 0.6 is 0 Å². The van der Waals surface area contributed by atoms with E-state index in [1.54, 1.807) is 7.11 Å². The Bertz CT molecular complexity index is 347. The van der Waals surface area contributed by atoms with Crippen molar-refractivity contribution in [1.82, 2.24) is 5.32 Å². The number of rotatable bonds is 6. The predicted molar refractivity (Wildman–Crippen MR) is 73.7 cm³/mol. The van der Waals surface area contributed by atoms with E-state index in [0.29, 0.717) is 11.8 Å². The van der Waals surface area contributed by atoms with Gasteiger partial charge in [-0.2, -0.15) is 0 Å². The maximum atomic E-state index is 5.29. The minimum absolute atomic E-state index is 0.688. The molecule has 0 radical (unpaired) electrons. The molecule has 1 aromatic carbocycles. The first-order valence-electron chi connectivity index (χ1n) is 6.36. The molecule has 0 aliphatic carbocycles. The van der Waals surface area contributed by atoms with E-state index in [-0.39, 0.29) is 0 Å². The number of ether oxygens (including phenoxy) is 1. The van der Waals surface area contributed by atoms with Gasteiger partial charge in [-0.1, -0.05) is 26.0 Å². The molecule has 0 spiro atoms. The lowest BCUT2D eigenvalue weighted by atomic mass is 9.88. The summed E-state index contributed by atoms with van der Waals surface area (Å²) in [6, 6.07) is 6.49. The summed E-state index contributed by atoms with van der Waals surface area (Å²) >= 11 is 0. The molecule has 1 unspecified atom stereocenters. The molecule has 0 heterocycles. The molecule has 1 aromatic rings. The number of benzene rings is 1. The Morgan fingerprint density at radius 1 is 1.29 bits per heavy atom. The second-order valence-electron chi connectivity index (χ2n) is 5.07. The van der Waals surface area contributed by atoms with Crippen LogP contribution in [0.15, 0.2) is 18.2 Å². The maximum Gasteiger partial charge on any atom is 0.121 e. The van der Waals surface area contributed by atoms with Crippen LogP contribution in [0.1, 0.15) is 25.0 Å². The number of aryl methyl sites for hydroxylation is 1. The van der Waals surface area contributed by atoms with Crippen LogP contribution in [0.3, 0.4) is 0 Å². The first-order chi connectivity index (χ1) is 8.08. The van der Waals surface area contributed by atoms with Crippen molar-refractivity contribution in [2.24, 2.45) is 11.8 Å². The highest BCUT2D eigenvalue weighted by molar-refractivity contribution is 5.36. The molecule has 0 amide bonds. The van der Waals surface area contributed by atoms with E-state index in [2.05, 4.69) is 44.3 Å². The van der Waals surface area contributed by atoms with E-state index in [9.17, 15) is 0 Å². The molecule has 0 aliphatic heterocycles. The van der Waals surface area contributed by atoms with E-state index < -0.39 is 0 Å². The summed E-state index contributed by atoms with van der Waals surface area (Å²) in [6.45, 7) is 7.75. The Labute approximate surface area is 105 Å². The third-order valence-corrected chi connectivity index (χ3v) is 3.37. The van der Waals surface area contributed by atoms with Crippen LogP contribution in [0.4, 0.5) is 0 Å². The Morgan fingerprint density at radius 3 is 2.47 bits per heavy atom. The molecular weight excluding hydrogens is 210 g/mol. The zero-order valence-corrected chi connectivity index (χ0v) is 11.7. The van der Waals surface area contributed by atoms with Gasteiger partial charge in [0.15, 0.2) is 0 Å². The SMILES string of the molecule is CNCC(Cc1ccc(OC)c(C)c1)C(C)C. The third-order valence-electron chi connectivity index (χ3n) is 3.37. The summed E-state index contributed by atoms with van der Waals surface area (Å²) in [7, 11) is 3.74. The summed E-state index contributed by atoms with van der Waals surface area (Å²) in [4.78, 5) is 0. The van der Waals surface area contributed by atoms with Gasteiger partial charge >= 0.3 is 0 Å². The van der Waals surface area contributed by atoms with Gasteiger partial charge < -0.3 is 10.1 Å². The lowest BCUT2D eigenvalue weighted by Gasteiger charge is -2.21. The molecule has 0 saturated heterocycles. The first-order valence-corrected chi connectivity index (χ1v) is 6.36. The lowest BCUT2D eigenvalue weighted by molar-refractivity contribution is 0.370. The van der Waals surface area contributed by atoms with Crippen LogP contribution in [0.2, 0.25) is 0 Å². The third kappa shape index (κ3) is 4.04. The van der Waals surface area contributed by atoms with Crippen molar-refractivity contribution >= 4 is 0 Å². The van der Waals surface area contributed by atoms with Gasteiger partial charge in [0, 0.05) is 0 Å². The molecule has 1 atom stereocenters. The quantitative estimate of drug-likeness (QED) is 0.818. The van der Waals surface area contributed by atoms with Crippen LogP contribution < -0.4 is 10.1 Å². The molecule has 2 nitrogen and oxygen atoms in total. The van der Waals surface area contributed by atoms with Crippen LogP contribution in [0.25, 0.3) is 0 Å². The van der Waals surface area contributed by atoms with E-state index in [1.807, 2.05) is 7.05 Å². The van der Waals surface area contributed by atoms with Gasteiger partial charge in [-0.15, -0.1) is 0 Å². The summed E-state index contributed by atoms with van der Waals surface area (Å²) < 4.78 is 5.29. The fourth-order valence-corrected chi connectivity index (χ4v) is 2.18. The minimum atomic E-state index is 0.688. The van der Waals surface area contributed by atoms with E-state index in [0.717, 1.165) is 18.7 Å². The van der Waals surface area contributed by atoms with Gasteiger partial charge in [-0.25, -0.2) is 0 Å². The molecule has 0 aromatic heterocycles. The molecule has 1 rings (SSSR count). The van der Waals surface area contributed by atoms with Crippen LogP contribution in [-0.4, -0.2) is 20.7 Å². The molecule has 17 heavy (non-hydrogen) atoms. The number of hydrogen-bond acceptors (Lipinski definition) is 2. The standard InChI is InChI=1S/C15H25NO/c1-11(2)14(10-16-4)9-13-6-7-15(17-5)12(3)8-13/h6-8,11,14,16H,9-10H2,1-5H3. The van der Waals surface area contributed by atoms with Crippen molar-refractivity contribution in [3.05, 3.63) is 29.3 Å². The highest BCUT2D eigenvalue weighted by Crippen LogP contribution is 2.22. The monoisotopic (exact) mass is 235 g/mol. The Kier molecular flexibility index (Phi) is 5.49. The minimum Gasteiger partial charge on any atom is -0.496 e. The Balaban J connectivity index is 2.76. The van der Waals surface area contributed by atoms with E-state index in [1.165, 1.54) is 11.1 Å². The van der Waals surface area contributed by atoms with Crippen molar-refractivity contribution < 1.29 is 4.74 Å². The fraction of sp³-hybridized carbons (Fsp3) is 0.600. The van der Waals surface area contributed by atoms with Gasteiger partial charge in [-0.3, -0.25) is 0 Å². The summed E-state index contributed by atoms with van der Waals surface area (Å²) in [5, 5.41) is 3.28. The normalized spacial score (nSPS) is 12.8. The second-order valence-corrected chi connectivity index (χ2v) is 5.07. The smallest absolute Gasteiger partial charge is 0.121 e. The largest absolute Gasteiger partial charge is 0.496 e. The maximum absolute atomic E-state index is 5.29. The van der Waals surface area contributed by atoms with Crippen LogP contribution in [0.5, 0.6) is 5.75 Å². The molecule has 0 saturated carbocycles. The van der Waals surface area contributed by atoms with Crippen molar-refractivity contribution in [3.63, 3.8) is 0 Å². The van der Waals surface area contributed by atoms with Crippen molar-refractivity contribution in [2.75, 3.05) is 20.7 Å². The lowest BCUT2D eigenvalue weighted by Crippen LogP contribution is -2.25. The second kappa shape index (κ2) is 6.65. The topological polar surface area (TPSA) is 21.3 Å². The van der Waals surface area contributed by atoms with Gasteiger partial charge in [0.2, 0.25) is 0 Å². The van der Waals surface area contributed by atoms with Crippen LogP contribution in [0, 0.1) is 18.8 Å². The summed E-state index contributed by atoms with van der Waals surface area (Å²) in [5.41, 5.74) is 2.62. The Morgan fingerprint density at radius 2 is 2.00 bits per heavy atom. The van der Waals surface area contributed by atoms with Gasteiger partial charge in [-0.05, 0) is 56.0 Å². The zero-order chi connectivity index (χ0) is 12.8. The van der Waals surface area contributed by atoms with Crippen molar-refractivity contribution in [3.8, 4) is 5.75 Å². The molecule has 96 valence electrons. The summed E-state index contributed by atoms with van der Waals surface area (Å²) in [6.07, 6.45) is 1.13. The molecule has 0 aliphatic rings. The average molecular weight is 235 g/mol. The molecular formula is C15H25NO. The van der Waals surface area contributed by atoms with E-state index >= 15 is 0 Å². The Hall–Kier alpha value is -1.02. The predicted octanol–water partition coefficient (Wildman–Crippen LogP) is 3.04. The molecule has 0 fully saturated rings. The number of hydrogen-bond donors (Lipinski definition) is 1. The average Bonchev–Trinajstić information content (AvgIpc) is 2.28. The number of methoxy groups -OCH3 is 1. The van der Waals surface area contributed by atoms with Gasteiger partial charge in [0.05, 0.1) is 7.11 Å². The number of nitrogens with one attached hydrogen (secondary N) is 1.